The van der Waals surface area contributed by atoms with Crippen molar-refractivity contribution in [1.82, 2.24) is 4.90 Å². The molecule has 3 atom stereocenters. The summed E-state index contributed by atoms with van der Waals surface area (Å²) in [7, 11) is 2.10. The molecule has 7 nitrogen and oxygen atoms in total. The van der Waals surface area contributed by atoms with Gasteiger partial charge in [-0.15, -0.1) is 11.8 Å². The second-order valence-corrected chi connectivity index (χ2v) is 10.4. The van der Waals surface area contributed by atoms with E-state index < -0.39 is 12.0 Å². The highest BCUT2D eigenvalue weighted by molar-refractivity contribution is 8.03. The van der Waals surface area contributed by atoms with E-state index in [-0.39, 0.29) is 11.3 Å². The Kier molecular flexibility index (Phi) is 7.88. The van der Waals surface area contributed by atoms with Gasteiger partial charge in [-0.1, -0.05) is 24.3 Å². The predicted octanol–water partition coefficient (Wildman–Crippen LogP) is 4.87. The highest BCUT2D eigenvalue weighted by Gasteiger charge is 2.43. The van der Waals surface area contributed by atoms with Crippen molar-refractivity contribution >= 4 is 34.7 Å². The van der Waals surface area contributed by atoms with E-state index in [0.717, 1.165) is 31.4 Å². The number of aliphatic carboxylic acids is 1. The molecule has 1 aromatic heterocycles. The molecule has 3 unspecified atom stereocenters. The van der Waals surface area contributed by atoms with E-state index in [1.165, 1.54) is 15.9 Å². The van der Waals surface area contributed by atoms with Crippen LogP contribution in [-0.2, 0) is 11.3 Å². The summed E-state index contributed by atoms with van der Waals surface area (Å²) in [5.74, 6) is -0.731. The summed E-state index contributed by atoms with van der Waals surface area (Å²) >= 11 is 1.77. The molecule has 0 radical (unpaired) electrons. The first-order valence-corrected chi connectivity index (χ1v) is 12.9. The number of benzene rings is 1. The minimum atomic E-state index is -0.731. The van der Waals surface area contributed by atoms with Gasteiger partial charge in [0, 0.05) is 61.1 Å². The van der Waals surface area contributed by atoms with Crippen LogP contribution in [0.2, 0.25) is 0 Å². The Morgan fingerprint density at radius 1 is 1.26 bits per heavy atom. The van der Waals surface area contributed by atoms with Gasteiger partial charge >= 0.3 is 5.97 Å². The van der Waals surface area contributed by atoms with E-state index in [9.17, 15) is 14.9 Å². The number of para-hydroxylation sites is 1. The number of fused-ring (bicyclic) bond motifs is 2. The summed E-state index contributed by atoms with van der Waals surface area (Å²) in [5, 5.41) is 22.7. The number of hydrogen-bond donors (Lipinski definition) is 1. The third-order valence-electron chi connectivity index (χ3n) is 6.91. The maximum absolute atomic E-state index is 11.2. The zero-order chi connectivity index (χ0) is 24.1. The number of thioether (sulfide) groups is 1. The fraction of sp³-hybridized carbons (Fsp3) is 0.462. The molecule has 1 aliphatic carbocycles. The number of allylic oxidation sites excluding steroid dienone is 2. The van der Waals surface area contributed by atoms with Gasteiger partial charge in [-0.25, -0.2) is 0 Å². The van der Waals surface area contributed by atoms with Crippen LogP contribution in [0.1, 0.15) is 50.5 Å². The first kappa shape index (κ1) is 24.3. The number of rotatable bonds is 9. The molecule has 8 heteroatoms. The molecule has 1 saturated heterocycles. The van der Waals surface area contributed by atoms with E-state index in [1.807, 2.05) is 12.1 Å². The van der Waals surface area contributed by atoms with Crippen molar-refractivity contribution in [3.8, 4) is 0 Å². The van der Waals surface area contributed by atoms with Gasteiger partial charge in [0.15, 0.2) is 6.20 Å². The third kappa shape index (κ3) is 5.60. The van der Waals surface area contributed by atoms with Crippen LogP contribution in [0.5, 0.6) is 0 Å². The molecule has 1 N–H and O–H groups in total. The molecule has 2 aliphatic rings. The zero-order valence-electron chi connectivity index (χ0n) is 19.5. The molecular weight excluding hydrogens is 450 g/mol. The van der Waals surface area contributed by atoms with E-state index in [1.54, 1.807) is 11.8 Å². The van der Waals surface area contributed by atoms with E-state index in [0.29, 0.717) is 30.6 Å². The van der Waals surface area contributed by atoms with Crippen LogP contribution >= 0.6 is 11.8 Å². The summed E-state index contributed by atoms with van der Waals surface area (Å²) in [6.45, 7) is 0.865. The third-order valence-corrected chi connectivity index (χ3v) is 8.38. The molecule has 0 bridgehead atoms. The van der Waals surface area contributed by atoms with Crippen molar-refractivity contribution in [3.63, 3.8) is 0 Å². The van der Waals surface area contributed by atoms with E-state index in [2.05, 4.69) is 59.1 Å². The second kappa shape index (κ2) is 11.0. The standard InChI is InChI=1S/C26H31N3O4S/c1-27-23-14-13-20(29(32)33)18-24(23)34-25(27)11-7-8-19-15-17-28(16-6-2-3-12-26(30)31)22-10-5-4-9-21(19)22/h4-5,7-11,15,17,20,23-24H,2-3,6,12-14,16,18H2,1H3/p+1. The summed E-state index contributed by atoms with van der Waals surface area (Å²) in [6.07, 6.45) is 13.4. The van der Waals surface area contributed by atoms with Crippen molar-refractivity contribution in [2.24, 2.45) is 0 Å². The van der Waals surface area contributed by atoms with Crippen molar-refractivity contribution in [2.45, 2.75) is 68.8 Å². The van der Waals surface area contributed by atoms with Crippen LogP contribution in [0.3, 0.4) is 0 Å². The van der Waals surface area contributed by atoms with Crippen LogP contribution in [0, 0.1) is 10.1 Å². The normalized spacial score (nSPS) is 23.6. The smallest absolute Gasteiger partial charge is 0.303 e. The Morgan fingerprint density at radius 3 is 2.88 bits per heavy atom. The minimum absolute atomic E-state index is 0.110. The lowest BCUT2D eigenvalue weighted by Gasteiger charge is -2.30. The number of aryl methyl sites for hydroxylation is 1. The monoisotopic (exact) mass is 482 g/mol. The maximum atomic E-state index is 11.2. The number of nitro groups is 1. The number of nitrogens with zero attached hydrogens (tertiary/aromatic N) is 3. The largest absolute Gasteiger partial charge is 0.481 e. The number of pyridine rings is 1. The summed E-state index contributed by atoms with van der Waals surface area (Å²) in [4.78, 5) is 24.1. The molecule has 1 aromatic carbocycles. The van der Waals surface area contributed by atoms with E-state index in [4.69, 9.17) is 5.11 Å². The van der Waals surface area contributed by atoms with Gasteiger partial charge in [-0.2, -0.15) is 4.57 Å². The molecule has 2 heterocycles. The summed E-state index contributed by atoms with van der Waals surface area (Å²) in [6, 6.07) is 10.5. The van der Waals surface area contributed by atoms with Gasteiger partial charge in [0.1, 0.15) is 6.54 Å². The molecule has 0 spiro atoms. The Hall–Kier alpha value is -2.87. The number of aromatic nitrogens is 1. The average Bonchev–Trinajstić information content (AvgIpc) is 3.14. The number of carboxylic acid groups (broad SMARTS) is 1. The fourth-order valence-corrected chi connectivity index (χ4v) is 6.59. The lowest BCUT2D eigenvalue weighted by Crippen LogP contribution is -2.40. The Labute approximate surface area is 204 Å². The molecule has 2 fully saturated rings. The highest BCUT2D eigenvalue weighted by atomic mass is 32.2. The molecular formula is C26H32N3O4S+. The molecule has 1 saturated carbocycles. The van der Waals surface area contributed by atoms with Crippen LogP contribution in [0.15, 0.2) is 53.7 Å². The van der Waals surface area contributed by atoms with Gasteiger partial charge in [0.05, 0.1) is 10.4 Å². The molecule has 2 aromatic rings. The summed E-state index contributed by atoms with van der Waals surface area (Å²) < 4.78 is 2.24. The van der Waals surface area contributed by atoms with Crippen molar-refractivity contribution in [3.05, 3.63) is 69.4 Å². The topological polar surface area (TPSA) is 87.6 Å². The minimum Gasteiger partial charge on any atom is -0.481 e. The number of carboxylic acids is 1. The van der Waals surface area contributed by atoms with Crippen molar-refractivity contribution < 1.29 is 19.4 Å². The Morgan fingerprint density at radius 2 is 2.09 bits per heavy atom. The molecule has 180 valence electrons. The van der Waals surface area contributed by atoms with Crippen molar-refractivity contribution in [1.29, 1.82) is 0 Å². The van der Waals surface area contributed by atoms with Crippen LogP contribution in [-0.4, -0.2) is 45.3 Å². The number of unbranched alkanes of at least 4 members (excludes halogenated alkanes) is 2. The SMILES string of the molecule is CN1C(=CC=Cc2cc[n+](CCCCCC(=O)O)c3ccccc23)SC2CC([N+](=O)[O-])CCC21. The average molecular weight is 483 g/mol. The summed E-state index contributed by atoms with van der Waals surface area (Å²) in [5.41, 5.74) is 2.31. The van der Waals surface area contributed by atoms with Gasteiger partial charge < -0.3 is 10.0 Å². The molecule has 4 rings (SSSR count). The van der Waals surface area contributed by atoms with Gasteiger partial charge in [-0.05, 0) is 37.0 Å². The maximum Gasteiger partial charge on any atom is 0.303 e. The van der Waals surface area contributed by atoms with E-state index >= 15 is 0 Å². The Bertz CT molecular complexity index is 1120. The van der Waals surface area contributed by atoms with Crippen LogP contribution < -0.4 is 4.57 Å². The second-order valence-electron chi connectivity index (χ2n) is 9.14. The first-order chi connectivity index (χ1) is 16.4. The van der Waals surface area contributed by atoms with Gasteiger partial charge in [-0.3, -0.25) is 14.9 Å². The van der Waals surface area contributed by atoms with Crippen LogP contribution in [0.25, 0.3) is 17.0 Å². The zero-order valence-corrected chi connectivity index (χ0v) is 20.3. The van der Waals surface area contributed by atoms with Crippen LogP contribution in [0.4, 0.5) is 0 Å². The van der Waals surface area contributed by atoms with Gasteiger partial charge in [0.2, 0.25) is 11.6 Å². The molecule has 1 aliphatic heterocycles. The first-order valence-electron chi connectivity index (χ1n) is 12.0. The fourth-order valence-electron chi connectivity index (χ4n) is 5.03. The Balaban J connectivity index is 1.44. The lowest BCUT2D eigenvalue weighted by molar-refractivity contribution is -0.671. The van der Waals surface area contributed by atoms with Gasteiger partial charge in [0.25, 0.3) is 0 Å². The molecule has 0 amide bonds. The highest BCUT2D eigenvalue weighted by Crippen LogP contribution is 2.45. The number of hydrogen-bond acceptors (Lipinski definition) is 5. The lowest BCUT2D eigenvalue weighted by atomic mass is 9.90. The number of carbonyl (C=O) groups is 1. The van der Waals surface area contributed by atoms with Crippen molar-refractivity contribution in [2.75, 3.05) is 7.05 Å². The quantitative estimate of drug-likeness (QED) is 0.237. The predicted molar refractivity (Wildman–Crippen MR) is 135 cm³/mol. The molecule has 34 heavy (non-hydrogen) atoms.